The summed E-state index contributed by atoms with van der Waals surface area (Å²) in [5.41, 5.74) is 5.81. The summed E-state index contributed by atoms with van der Waals surface area (Å²) in [5, 5.41) is 7.32. The van der Waals surface area contributed by atoms with Crippen LogP contribution >= 0.6 is 0 Å². The van der Waals surface area contributed by atoms with Gasteiger partial charge in [-0.15, -0.1) is 0 Å². The normalized spacial score (nSPS) is 20.7. The van der Waals surface area contributed by atoms with Crippen LogP contribution in [0, 0.1) is 5.92 Å². The maximum absolute atomic E-state index is 5.61. The van der Waals surface area contributed by atoms with Crippen molar-refractivity contribution in [1.82, 2.24) is 0 Å². The largest absolute Gasteiger partial charge is 0.493 e. The molecular weight excluding hydrogens is 400 g/mol. The van der Waals surface area contributed by atoms with E-state index in [1.165, 1.54) is 5.56 Å². The van der Waals surface area contributed by atoms with Crippen LogP contribution in [0.2, 0.25) is 0 Å². The molecule has 1 aliphatic heterocycles. The minimum Gasteiger partial charge on any atom is -0.493 e. The number of methoxy groups -OCH3 is 3. The lowest BCUT2D eigenvalue weighted by Gasteiger charge is -2.38. The van der Waals surface area contributed by atoms with Gasteiger partial charge in [-0.2, -0.15) is 0 Å². The van der Waals surface area contributed by atoms with Crippen LogP contribution in [0.3, 0.4) is 0 Å². The van der Waals surface area contributed by atoms with E-state index in [9.17, 15) is 0 Å². The molecule has 0 amide bonds. The third kappa shape index (κ3) is 3.54. The minimum atomic E-state index is 0.143. The molecule has 0 saturated carbocycles. The van der Waals surface area contributed by atoms with Crippen molar-refractivity contribution in [3.63, 3.8) is 0 Å². The van der Waals surface area contributed by atoms with E-state index < -0.39 is 0 Å². The number of allylic oxidation sites excluding steroid dienone is 2. The molecule has 0 saturated heterocycles. The lowest BCUT2D eigenvalue weighted by molar-refractivity contribution is 0.322. The maximum Gasteiger partial charge on any atom is 0.203 e. The van der Waals surface area contributed by atoms with E-state index in [1.807, 2.05) is 18.2 Å². The Morgan fingerprint density at radius 2 is 1.59 bits per heavy atom. The molecule has 164 valence electrons. The number of nitrogens with one attached hydrogen (secondary N) is 2. The number of para-hydroxylation sites is 1. The highest BCUT2D eigenvalue weighted by Crippen LogP contribution is 2.52. The topological polar surface area (TPSA) is 51.8 Å². The van der Waals surface area contributed by atoms with Crippen LogP contribution in [0.1, 0.15) is 29.5 Å². The monoisotopic (exact) mass is 428 g/mol. The molecule has 0 spiro atoms. The van der Waals surface area contributed by atoms with Crippen LogP contribution in [-0.4, -0.2) is 21.3 Å². The fraction of sp³-hybridized carbons (Fsp3) is 0.259. The smallest absolute Gasteiger partial charge is 0.203 e. The zero-order valence-corrected chi connectivity index (χ0v) is 18.6. The van der Waals surface area contributed by atoms with Crippen LogP contribution in [0.5, 0.6) is 17.2 Å². The summed E-state index contributed by atoms with van der Waals surface area (Å²) in [4.78, 5) is 0. The fourth-order valence-electron chi connectivity index (χ4n) is 4.97. The summed E-state index contributed by atoms with van der Waals surface area (Å²) >= 11 is 0. The van der Waals surface area contributed by atoms with E-state index in [0.29, 0.717) is 29.1 Å². The molecule has 5 rings (SSSR count). The quantitative estimate of drug-likeness (QED) is 0.452. The third-order valence-electron chi connectivity index (χ3n) is 6.47. The number of benzene rings is 3. The maximum atomic E-state index is 5.61. The molecule has 32 heavy (non-hydrogen) atoms. The predicted molar refractivity (Wildman–Crippen MR) is 129 cm³/mol. The van der Waals surface area contributed by atoms with Gasteiger partial charge in [-0.3, -0.25) is 0 Å². The standard InChI is InChI=1S/C27H28N2O3/c1-30-24-14-17(15-25(31-2)27(24)32-3)26-21-11-7-10-20(21)22-16-19(12-13-23(22)29-26)28-18-8-5-4-6-9-18/h4-10,12-16,20-21,26,28-29H,11H2,1-3H3. The molecular formula is C27H28N2O3. The number of fused-ring (bicyclic) bond motifs is 3. The molecule has 1 heterocycles. The first-order valence-corrected chi connectivity index (χ1v) is 10.9. The molecule has 0 radical (unpaired) electrons. The van der Waals surface area contributed by atoms with E-state index in [2.05, 4.69) is 65.3 Å². The van der Waals surface area contributed by atoms with Crippen molar-refractivity contribution in [2.24, 2.45) is 5.92 Å². The lowest BCUT2D eigenvalue weighted by atomic mass is 9.77. The van der Waals surface area contributed by atoms with Gasteiger partial charge in [0.15, 0.2) is 11.5 Å². The Labute approximate surface area is 189 Å². The highest BCUT2D eigenvalue weighted by Gasteiger charge is 2.38. The molecule has 0 aromatic heterocycles. The van der Waals surface area contributed by atoms with Crippen molar-refractivity contribution in [1.29, 1.82) is 0 Å². The average molecular weight is 429 g/mol. The van der Waals surface area contributed by atoms with E-state index in [4.69, 9.17) is 14.2 Å². The number of hydrogen-bond acceptors (Lipinski definition) is 5. The molecule has 3 atom stereocenters. The number of rotatable bonds is 6. The van der Waals surface area contributed by atoms with Gasteiger partial charge in [-0.05, 0) is 65.9 Å². The van der Waals surface area contributed by atoms with Gasteiger partial charge in [0.25, 0.3) is 0 Å². The van der Waals surface area contributed by atoms with Gasteiger partial charge in [0.05, 0.1) is 27.4 Å². The lowest BCUT2D eigenvalue weighted by Crippen LogP contribution is -2.29. The molecule has 5 heteroatoms. The Kier molecular flexibility index (Phi) is 5.39. The molecule has 0 bridgehead atoms. The van der Waals surface area contributed by atoms with Gasteiger partial charge < -0.3 is 24.8 Å². The SMILES string of the molecule is COc1cc(C2Nc3ccc(Nc4ccccc4)cc3C3C=CCC32)cc(OC)c1OC. The average Bonchev–Trinajstić information content (AvgIpc) is 3.33. The van der Waals surface area contributed by atoms with Crippen molar-refractivity contribution >= 4 is 17.1 Å². The van der Waals surface area contributed by atoms with Gasteiger partial charge in [0.2, 0.25) is 5.75 Å². The molecule has 3 aromatic rings. The highest BCUT2D eigenvalue weighted by molar-refractivity contribution is 5.69. The zero-order chi connectivity index (χ0) is 22.1. The summed E-state index contributed by atoms with van der Waals surface area (Å²) in [6.07, 6.45) is 5.67. The Hall–Kier alpha value is -3.60. The third-order valence-corrected chi connectivity index (χ3v) is 6.47. The molecule has 3 aromatic carbocycles. The van der Waals surface area contributed by atoms with Crippen LogP contribution < -0.4 is 24.8 Å². The van der Waals surface area contributed by atoms with Crippen LogP contribution in [-0.2, 0) is 0 Å². The van der Waals surface area contributed by atoms with Crippen molar-refractivity contribution in [3.8, 4) is 17.2 Å². The first-order chi connectivity index (χ1) is 15.7. The van der Waals surface area contributed by atoms with Crippen LogP contribution in [0.4, 0.5) is 17.1 Å². The second kappa shape index (κ2) is 8.50. The highest BCUT2D eigenvalue weighted by atomic mass is 16.5. The second-order valence-electron chi connectivity index (χ2n) is 8.23. The second-order valence-corrected chi connectivity index (χ2v) is 8.23. The summed E-state index contributed by atoms with van der Waals surface area (Å²) in [6.45, 7) is 0. The first kappa shape index (κ1) is 20.3. The van der Waals surface area contributed by atoms with Gasteiger partial charge in [-0.25, -0.2) is 0 Å². The summed E-state index contributed by atoms with van der Waals surface area (Å²) in [5.74, 6) is 2.75. The van der Waals surface area contributed by atoms with Gasteiger partial charge in [-0.1, -0.05) is 30.4 Å². The Morgan fingerprint density at radius 1 is 0.844 bits per heavy atom. The molecule has 5 nitrogen and oxygen atoms in total. The van der Waals surface area contributed by atoms with Gasteiger partial charge in [0.1, 0.15) is 0 Å². The molecule has 3 unspecified atom stereocenters. The number of hydrogen-bond donors (Lipinski definition) is 2. The van der Waals surface area contributed by atoms with Gasteiger partial charge in [0, 0.05) is 23.0 Å². The van der Waals surface area contributed by atoms with Crippen molar-refractivity contribution in [2.45, 2.75) is 18.4 Å². The summed E-state index contributed by atoms with van der Waals surface area (Å²) < 4.78 is 16.7. The summed E-state index contributed by atoms with van der Waals surface area (Å²) in [6, 6.07) is 21.1. The Morgan fingerprint density at radius 3 is 2.28 bits per heavy atom. The number of ether oxygens (including phenoxy) is 3. The molecule has 2 N–H and O–H groups in total. The van der Waals surface area contributed by atoms with E-state index in [-0.39, 0.29) is 6.04 Å². The van der Waals surface area contributed by atoms with Crippen molar-refractivity contribution in [2.75, 3.05) is 32.0 Å². The van der Waals surface area contributed by atoms with Crippen molar-refractivity contribution in [3.05, 3.63) is 83.9 Å². The Balaban J connectivity index is 1.50. The minimum absolute atomic E-state index is 0.143. The molecule has 1 aliphatic carbocycles. The van der Waals surface area contributed by atoms with Crippen LogP contribution in [0.15, 0.2) is 72.8 Å². The molecule has 0 fully saturated rings. The van der Waals surface area contributed by atoms with E-state index >= 15 is 0 Å². The Bertz CT molecular complexity index is 1120. The summed E-state index contributed by atoms with van der Waals surface area (Å²) in [7, 11) is 4.95. The first-order valence-electron chi connectivity index (χ1n) is 10.9. The molecule has 2 aliphatic rings. The van der Waals surface area contributed by atoms with Crippen molar-refractivity contribution < 1.29 is 14.2 Å². The zero-order valence-electron chi connectivity index (χ0n) is 18.6. The fourth-order valence-corrected chi connectivity index (χ4v) is 4.97. The van der Waals surface area contributed by atoms with E-state index in [1.54, 1.807) is 21.3 Å². The predicted octanol–water partition coefficient (Wildman–Crippen LogP) is 6.28. The number of anilines is 3. The van der Waals surface area contributed by atoms with Crippen LogP contribution in [0.25, 0.3) is 0 Å². The van der Waals surface area contributed by atoms with E-state index in [0.717, 1.165) is 29.0 Å². The van der Waals surface area contributed by atoms with Gasteiger partial charge >= 0.3 is 0 Å².